The van der Waals surface area contributed by atoms with E-state index in [2.05, 4.69) is 5.16 Å². The van der Waals surface area contributed by atoms with Crippen molar-refractivity contribution < 1.29 is 5.21 Å². The predicted octanol–water partition coefficient (Wildman–Crippen LogP) is 2.90. The number of hydrogen-bond acceptors (Lipinski definition) is 2. The molecule has 0 heterocycles. The molecule has 0 unspecified atom stereocenters. The number of nitrogens with zero attached hydrogens (tertiary/aromatic N) is 1. The van der Waals surface area contributed by atoms with Gasteiger partial charge in [0, 0.05) is 0 Å². The summed E-state index contributed by atoms with van der Waals surface area (Å²) in [6.45, 7) is 0. The first kappa shape index (κ1) is 8.60. The first-order valence-corrected chi connectivity index (χ1v) is 4.29. The van der Waals surface area contributed by atoms with Crippen LogP contribution in [0.4, 0.5) is 0 Å². The van der Waals surface area contributed by atoms with E-state index in [-0.39, 0.29) is 0 Å². The molecule has 1 aliphatic carbocycles. The van der Waals surface area contributed by atoms with Gasteiger partial charge in [0.2, 0.25) is 0 Å². The fourth-order valence-corrected chi connectivity index (χ4v) is 1.42. The van der Waals surface area contributed by atoms with Gasteiger partial charge in [0.15, 0.2) is 0 Å². The molecule has 0 fully saturated rings. The average Bonchev–Trinajstić information content (AvgIpc) is 1.98. The minimum absolute atomic E-state index is 0.618. The van der Waals surface area contributed by atoms with Crippen LogP contribution in [0, 0.1) is 0 Å². The van der Waals surface area contributed by atoms with Crippen LogP contribution >= 0.6 is 11.6 Å². The summed E-state index contributed by atoms with van der Waals surface area (Å²) in [6.07, 6.45) is 7.18. The highest BCUT2D eigenvalue weighted by Crippen LogP contribution is 2.17. The van der Waals surface area contributed by atoms with E-state index in [4.69, 9.17) is 16.8 Å². The number of hydrogen-bond donors (Lipinski definition) is 1. The molecule has 0 atom stereocenters. The van der Waals surface area contributed by atoms with Crippen molar-refractivity contribution in [1.29, 1.82) is 0 Å². The Morgan fingerprint density at radius 3 is 2.91 bits per heavy atom. The molecule has 0 amide bonds. The molecule has 0 spiro atoms. The standard InChI is InChI=1S/C8H12ClNO/c9-7-5-3-1-2-4-6-8(7)10-11/h5,11H,1-4,6H2/b7-5+,10-8?. The van der Waals surface area contributed by atoms with Crippen LogP contribution in [0.15, 0.2) is 16.3 Å². The monoisotopic (exact) mass is 173 g/mol. The summed E-state index contributed by atoms with van der Waals surface area (Å²) in [6, 6.07) is 0. The molecule has 62 valence electrons. The molecule has 0 aromatic carbocycles. The molecular formula is C8H12ClNO. The van der Waals surface area contributed by atoms with Crippen LogP contribution < -0.4 is 0 Å². The first-order valence-electron chi connectivity index (χ1n) is 3.91. The fraction of sp³-hybridized carbons (Fsp3) is 0.625. The van der Waals surface area contributed by atoms with Crippen LogP contribution in [0.2, 0.25) is 0 Å². The van der Waals surface area contributed by atoms with Crippen LogP contribution in [-0.2, 0) is 0 Å². The molecule has 0 aromatic rings. The van der Waals surface area contributed by atoms with Crippen molar-refractivity contribution in [3.05, 3.63) is 11.1 Å². The van der Waals surface area contributed by atoms with Gasteiger partial charge in [-0.25, -0.2) is 0 Å². The van der Waals surface area contributed by atoms with Crippen molar-refractivity contribution in [2.75, 3.05) is 0 Å². The van der Waals surface area contributed by atoms with Gasteiger partial charge in [0.05, 0.1) is 10.7 Å². The molecular weight excluding hydrogens is 162 g/mol. The van der Waals surface area contributed by atoms with E-state index in [1.165, 1.54) is 12.8 Å². The summed E-state index contributed by atoms with van der Waals surface area (Å²) in [4.78, 5) is 0. The number of halogens is 1. The molecule has 0 aliphatic heterocycles. The second-order valence-electron chi connectivity index (χ2n) is 2.70. The van der Waals surface area contributed by atoms with Gasteiger partial charge in [-0.3, -0.25) is 0 Å². The third kappa shape index (κ3) is 2.54. The summed E-state index contributed by atoms with van der Waals surface area (Å²) in [5.74, 6) is 0. The minimum Gasteiger partial charge on any atom is -0.411 e. The molecule has 2 nitrogen and oxygen atoms in total. The Morgan fingerprint density at radius 2 is 2.18 bits per heavy atom. The minimum atomic E-state index is 0.618. The van der Waals surface area contributed by atoms with E-state index < -0.39 is 0 Å². The third-order valence-electron chi connectivity index (χ3n) is 1.84. The zero-order valence-corrected chi connectivity index (χ0v) is 7.14. The lowest BCUT2D eigenvalue weighted by Crippen LogP contribution is -2.00. The van der Waals surface area contributed by atoms with Crippen LogP contribution in [0.5, 0.6) is 0 Å². The van der Waals surface area contributed by atoms with Crippen LogP contribution in [0.25, 0.3) is 0 Å². The maximum atomic E-state index is 8.54. The lowest BCUT2D eigenvalue weighted by atomic mass is 10.0. The van der Waals surface area contributed by atoms with E-state index in [0.29, 0.717) is 10.7 Å². The van der Waals surface area contributed by atoms with E-state index >= 15 is 0 Å². The lowest BCUT2D eigenvalue weighted by molar-refractivity contribution is 0.317. The van der Waals surface area contributed by atoms with Gasteiger partial charge in [-0.2, -0.15) is 0 Å². The van der Waals surface area contributed by atoms with E-state index in [9.17, 15) is 0 Å². The van der Waals surface area contributed by atoms with Gasteiger partial charge in [0.25, 0.3) is 0 Å². The molecule has 11 heavy (non-hydrogen) atoms. The second kappa shape index (κ2) is 4.39. The van der Waals surface area contributed by atoms with Crippen LogP contribution in [-0.4, -0.2) is 10.9 Å². The molecule has 3 heteroatoms. The van der Waals surface area contributed by atoms with Gasteiger partial charge in [-0.1, -0.05) is 29.3 Å². The summed E-state index contributed by atoms with van der Waals surface area (Å²) in [5.41, 5.74) is 0.631. The van der Waals surface area contributed by atoms with Crippen molar-refractivity contribution in [3.63, 3.8) is 0 Å². The quantitative estimate of drug-likeness (QED) is 0.444. The van der Waals surface area contributed by atoms with Gasteiger partial charge >= 0.3 is 0 Å². The molecule has 0 saturated heterocycles. The van der Waals surface area contributed by atoms with Crippen LogP contribution in [0.3, 0.4) is 0 Å². The Labute approximate surface area is 71.5 Å². The summed E-state index contributed by atoms with van der Waals surface area (Å²) in [7, 11) is 0. The molecule has 0 bridgehead atoms. The van der Waals surface area contributed by atoms with Crippen molar-refractivity contribution in [2.24, 2.45) is 5.16 Å². The number of oxime groups is 1. The summed E-state index contributed by atoms with van der Waals surface area (Å²) < 4.78 is 0. The van der Waals surface area contributed by atoms with Crippen molar-refractivity contribution in [1.82, 2.24) is 0 Å². The van der Waals surface area contributed by atoms with E-state index in [1.807, 2.05) is 6.08 Å². The Morgan fingerprint density at radius 1 is 1.36 bits per heavy atom. The molecule has 1 aliphatic rings. The maximum absolute atomic E-state index is 8.54. The highest BCUT2D eigenvalue weighted by molar-refractivity contribution is 6.43. The number of allylic oxidation sites excluding steroid dienone is 2. The topological polar surface area (TPSA) is 32.6 Å². The van der Waals surface area contributed by atoms with Crippen molar-refractivity contribution >= 4 is 17.3 Å². The predicted molar refractivity (Wildman–Crippen MR) is 46.2 cm³/mol. The zero-order chi connectivity index (χ0) is 8.10. The number of rotatable bonds is 0. The molecule has 1 rings (SSSR count). The fourth-order valence-electron chi connectivity index (χ4n) is 1.18. The summed E-state index contributed by atoms with van der Waals surface area (Å²) in [5, 5.41) is 12.3. The SMILES string of the molecule is ON=C1CCCCC/C=C\1Cl. The Bertz CT molecular complexity index is 187. The Kier molecular flexibility index (Phi) is 3.43. The highest BCUT2D eigenvalue weighted by atomic mass is 35.5. The molecule has 0 aromatic heterocycles. The first-order chi connectivity index (χ1) is 5.34. The molecule has 1 N–H and O–H groups in total. The van der Waals surface area contributed by atoms with E-state index in [0.717, 1.165) is 19.3 Å². The van der Waals surface area contributed by atoms with Crippen molar-refractivity contribution in [3.8, 4) is 0 Å². The second-order valence-corrected chi connectivity index (χ2v) is 3.11. The van der Waals surface area contributed by atoms with Gasteiger partial charge in [0.1, 0.15) is 0 Å². The highest BCUT2D eigenvalue weighted by Gasteiger charge is 2.07. The average molecular weight is 174 g/mol. The lowest BCUT2D eigenvalue weighted by Gasteiger charge is -2.06. The Balaban J connectivity index is 2.66. The smallest absolute Gasteiger partial charge is 0.0978 e. The van der Waals surface area contributed by atoms with Crippen LogP contribution in [0.1, 0.15) is 32.1 Å². The normalized spacial score (nSPS) is 28.8. The van der Waals surface area contributed by atoms with Gasteiger partial charge in [-0.05, 0) is 25.7 Å². The van der Waals surface area contributed by atoms with Gasteiger partial charge in [-0.15, -0.1) is 0 Å². The zero-order valence-electron chi connectivity index (χ0n) is 6.39. The molecule has 0 radical (unpaired) electrons. The van der Waals surface area contributed by atoms with E-state index in [1.54, 1.807) is 0 Å². The maximum Gasteiger partial charge on any atom is 0.0978 e. The van der Waals surface area contributed by atoms with Crippen molar-refractivity contribution in [2.45, 2.75) is 32.1 Å². The van der Waals surface area contributed by atoms with Gasteiger partial charge < -0.3 is 5.21 Å². The largest absolute Gasteiger partial charge is 0.411 e. The summed E-state index contributed by atoms with van der Waals surface area (Å²) >= 11 is 5.83. The Hall–Kier alpha value is -0.500. The third-order valence-corrected chi connectivity index (χ3v) is 2.21. The molecule has 0 saturated carbocycles.